The smallest absolute Gasteiger partial charge is 0.267 e. The molecule has 2 heterocycles. The number of fused-ring (bicyclic) bond motifs is 3. The Morgan fingerprint density at radius 2 is 2.00 bits per heavy atom. The molecule has 5 nitrogen and oxygen atoms in total. The van der Waals surface area contributed by atoms with E-state index in [9.17, 15) is 9.59 Å². The molecule has 192 valence electrons. The van der Waals surface area contributed by atoms with Gasteiger partial charge >= 0.3 is 0 Å². The third-order valence-corrected chi connectivity index (χ3v) is 9.40. The average Bonchev–Trinajstić information content (AvgIpc) is 3.22. The molecule has 1 amide bonds. The van der Waals surface area contributed by atoms with Crippen LogP contribution < -0.4 is 10.9 Å². The van der Waals surface area contributed by atoms with Crippen molar-refractivity contribution in [3.05, 3.63) is 79.4 Å². The zero-order chi connectivity index (χ0) is 26.3. The lowest BCUT2D eigenvalue weighted by Gasteiger charge is -2.18. The first-order valence-corrected chi connectivity index (χ1v) is 14.8. The van der Waals surface area contributed by atoms with Crippen molar-refractivity contribution in [2.24, 2.45) is 5.92 Å². The van der Waals surface area contributed by atoms with Crippen LogP contribution in [0.4, 0.5) is 5.69 Å². The fraction of sp³-hybridized carbons (Fsp3) is 0.345. The number of benzene rings is 2. The fourth-order valence-corrected chi connectivity index (χ4v) is 7.11. The number of hydrogen-bond acceptors (Lipinski definition) is 5. The van der Waals surface area contributed by atoms with E-state index in [1.165, 1.54) is 22.2 Å². The molecular formula is C29H30ClN3O2S2. The summed E-state index contributed by atoms with van der Waals surface area (Å²) in [6, 6.07) is 13.5. The number of nitrogens with zero attached hydrogens (tertiary/aromatic N) is 2. The molecule has 0 saturated heterocycles. The summed E-state index contributed by atoms with van der Waals surface area (Å²) < 4.78 is 1.62. The molecule has 1 aliphatic rings. The highest BCUT2D eigenvalue weighted by Crippen LogP contribution is 2.37. The fourth-order valence-electron chi connectivity index (χ4n) is 4.70. The number of hydrogen-bond donors (Lipinski definition) is 1. The van der Waals surface area contributed by atoms with E-state index in [4.69, 9.17) is 16.6 Å². The number of carbonyl (C=O) groups is 1. The van der Waals surface area contributed by atoms with E-state index in [-0.39, 0.29) is 17.2 Å². The maximum absolute atomic E-state index is 14.0. The summed E-state index contributed by atoms with van der Waals surface area (Å²) in [5.41, 5.74) is 4.61. The lowest BCUT2D eigenvalue weighted by Crippen LogP contribution is -2.23. The molecule has 0 unspecified atom stereocenters. The van der Waals surface area contributed by atoms with Crippen LogP contribution in [-0.2, 0) is 17.6 Å². The molecule has 2 aromatic heterocycles. The number of halogens is 1. The summed E-state index contributed by atoms with van der Waals surface area (Å²) >= 11 is 9.32. The number of thioether (sulfide) groups is 1. The first-order chi connectivity index (χ1) is 17.7. The number of rotatable bonds is 6. The van der Waals surface area contributed by atoms with Gasteiger partial charge in [-0.3, -0.25) is 14.2 Å². The van der Waals surface area contributed by atoms with Crippen molar-refractivity contribution in [3.8, 4) is 5.69 Å². The van der Waals surface area contributed by atoms with Gasteiger partial charge in [0, 0.05) is 15.6 Å². The van der Waals surface area contributed by atoms with Crippen LogP contribution in [0.25, 0.3) is 15.9 Å². The van der Waals surface area contributed by atoms with E-state index >= 15 is 0 Å². The number of amides is 1. The van der Waals surface area contributed by atoms with E-state index in [2.05, 4.69) is 26.1 Å². The van der Waals surface area contributed by atoms with Crippen molar-refractivity contribution in [2.75, 3.05) is 11.1 Å². The molecule has 0 saturated carbocycles. The molecule has 2 aromatic carbocycles. The summed E-state index contributed by atoms with van der Waals surface area (Å²) in [6.45, 7) is 8.46. The molecule has 8 heteroatoms. The minimum Gasteiger partial charge on any atom is -0.325 e. The SMILES string of the molecule is Cc1ccc(-n2c(SCC(=O)Nc3ccc(C(C)C)cc3)nc3sc4c(c3c2=O)CC[C@@H](C)C4)cc1Cl. The maximum Gasteiger partial charge on any atom is 0.267 e. The molecular weight excluding hydrogens is 522 g/mol. The Morgan fingerprint density at radius 3 is 2.70 bits per heavy atom. The van der Waals surface area contributed by atoms with Crippen LogP contribution >= 0.6 is 34.7 Å². The second-order valence-corrected chi connectivity index (χ2v) is 12.5. The highest BCUT2D eigenvalue weighted by atomic mass is 35.5. The van der Waals surface area contributed by atoms with Gasteiger partial charge in [0.1, 0.15) is 4.83 Å². The van der Waals surface area contributed by atoms with Gasteiger partial charge in [0.15, 0.2) is 5.16 Å². The minimum absolute atomic E-state index is 0.0934. The van der Waals surface area contributed by atoms with Crippen LogP contribution in [0.15, 0.2) is 52.4 Å². The highest BCUT2D eigenvalue weighted by molar-refractivity contribution is 7.99. The predicted octanol–water partition coefficient (Wildman–Crippen LogP) is 7.39. The van der Waals surface area contributed by atoms with Gasteiger partial charge < -0.3 is 5.32 Å². The predicted molar refractivity (Wildman–Crippen MR) is 156 cm³/mol. The standard InChI is InChI=1S/C29H30ClN3O2S2/c1-16(2)19-7-9-20(10-8-19)31-25(34)15-36-29-32-27-26(22-12-5-17(3)13-24(22)37-27)28(35)33(29)21-11-6-18(4)23(30)14-21/h6-11,14,16-17H,5,12-13,15H2,1-4H3,(H,31,34)/t17-/m1/s1. The average molecular weight is 552 g/mol. The second-order valence-electron chi connectivity index (χ2n) is 10.1. The van der Waals surface area contributed by atoms with Crippen molar-refractivity contribution in [2.45, 2.75) is 58.0 Å². The molecule has 0 fully saturated rings. The molecule has 1 N–H and O–H groups in total. The summed E-state index contributed by atoms with van der Waals surface area (Å²) in [6.07, 6.45) is 2.95. The molecule has 0 spiro atoms. The second kappa shape index (κ2) is 10.6. The van der Waals surface area contributed by atoms with Crippen LogP contribution in [0, 0.1) is 12.8 Å². The molecule has 37 heavy (non-hydrogen) atoms. The summed E-state index contributed by atoms with van der Waals surface area (Å²) in [5, 5.41) is 4.75. The van der Waals surface area contributed by atoms with Crippen LogP contribution in [-0.4, -0.2) is 21.2 Å². The number of carbonyl (C=O) groups excluding carboxylic acids is 1. The Bertz CT molecular complexity index is 1540. The van der Waals surface area contributed by atoms with Crippen molar-refractivity contribution < 1.29 is 4.79 Å². The molecule has 1 atom stereocenters. The van der Waals surface area contributed by atoms with E-state index in [1.54, 1.807) is 22.0 Å². The zero-order valence-corrected chi connectivity index (χ0v) is 23.8. The molecule has 1 aliphatic carbocycles. The number of nitrogens with one attached hydrogen (secondary N) is 1. The zero-order valence-electron chi connectivity index (χ0n) is 21.4. The maximum atomic E-state index is 14.0. The number of anilines is 1. The van der Waals surface area contributed by atoms with Crippen molar-refractivity contribution >= 4 is 56.5 Å². The third kappa shape index (κ3) is 5.35. The van der Waals surface area contributed by atoms with E-state index in [0.29, 0.717) is 33.1 Å². The normalized spacial score (nSPS) is 15.2. The van der Waals surface area contributed by atoms with Crippen LogP contribution in [0.3, 0.4) is 0 Å². The Kier molecular flexibility index (Phi) is 7.48. The largest absolute Gasteiger partial charge is 0.325 e. The van der Waals surface area contributed by atoms with E-state index in [1.807, 2.05) is 43.3 Å². The third-order valence-electron chi connectivity index (χ3n) is 6.91. The highest BCUT2D eigenvalue weighted by Gasteiger charge is 2.25. The molecule has 0 radical (unpaired) electrons. The number of thiophene rings is 1. The topological polar surface area (TPSA) is 64.0 Å². The quantitative estimate of drug-likeness (QED) is 0.200. The van der Waals surface area contributed by atoms with Crippen LogP contribution in [0.1, 0.15) is 54.7 Å². The lowest BCUT2D eigenvalue weighted by molar-refractivity contribution is -0.113. The summed E-state index contributed by atoms with van der Waals surface area (Å²) in [7, 11) is 0. The van der Waals surface area contributed by atoms with Gasteiger partial charge in [0.2, 0.25) is 5.91 Å². The van der Waals surface area contributed by atoms with Gasteiger partial charge in [-0.1, -0.05) is 62.3 Å². The monoisotopic (exact) mass is 551 g/mol. The molecule has 0 aliphatic heterocycles. The lowest BCUT2D eigenvalue weighted by atomic mass is 9.89. The van der Waals surface area contributed by atoms with Gasteiger partial charge in [-0.25, -0.2) is 4.98 Å². The Labute approximate surface area is 230 Å². The van der Waals surface area contributed by atoms with Gasteiger partial charge in [-0.15, -0.1) is 11.3 Å². The molecule has 0 bridgehead atoms. The van der Waals surface area contributed by atoms with Crippen molar-refractivity contribution in [3.63, 3.8) is 0 Å². The summed E-state index contributed by atoms with van der Waals surface area (Å²) in [4.78, 5) is 33.7. The number of aromatic nitrogens is 2. The number of aryl methyl sites for hydroxylation is 2. The first-order valence-electron chi connectivity index (χ1n) is 12.6. The Balaban J connectivity index is 1.49. The van der Waals surface area contributed by atoms with Gasteiger partial charge in [0.25, 0.3) is 5.56 Å². The van der Waals surface area contributed by atoms with Gasteiger partial charge in [-0.05, 0) is 79.0 Å². The van der Waals surface area contributed by atoms with E-state index in [0.717, 1.165) is 40.9 Å². The van der Waals surface area contributed by atoms with Crippen molar-refractivity contribution in [1.29, 1.82) is 0 Å². The first kappa shape index (κ1) is 26.0. The summed E-state index contributed by atoms with van der Waals surface area (Å²) in [5.74, 6) is 1.01. The molecule has 4 aromatic rings. The molecule has 5 rings (SSSR count). The minimum atomic E-state index is -0.149. The van der Waals surface area contributed by atoms with E-state index < -0.39 is 0 Å². The van der Waals surface area contributed by atoms with Gasteiger partial charge in [0.05, 0.1) is 16.8 Å². The van der Waals surface area contributed by atoms with Crippen LogP contribution in [0.2, 0.25) is 5.02 Å². The van der Waals surface area contributed by atoms with Crippen molar-refractivity contribution in [1.82, 2.24) is 9.55 Å². The van der Waals surface area contributed by atoms with Crippen LogP contribution in [0.5, 0.6) is 0 Å². The Hall–Kier alpha value is -2.61. The Morgan fingerprint density at radius 1 is 1.24 bits per heavy atom. The van der Waals surface area contributed by atoms with Gasteiger partial charge in [-0.2, -0.15) is 0 Å².